The Morgan fingerprint density at radius 3 is 2.65 bits per heavy atom. The number of nitrogens with zero attached hydrogens (tertiary/aromatic N) is 2. The quantitative estimate of drug-likeness (QED) is 0.794. The van der Waals surface area contributed by atoms with Crippen LogP contribution < -0.4 is 5.73 Å². The molecule has 0 aliphatic rings. The van der Waals surface area contributed by atoms with Gasteiger partial charge >= 0.3 is 0 Å². The maximum atomic E-state index is 5.97. The number of hydrogen-bond donors (Lipinski definition) is 1. The molecule has 1 heterocycles. The highest BCUT2D eigenvalue weighted by molar-refractivity contribution is 9.13. The summed E-state index contributed by atoms with van der Waals surface area (Å²) in [5, 5.41) is 3.21. The van der Waals surface area contributed by atoms with Crippen molar-refractivity contribution in [2.45, 2.75) is 19.5 Å². The van der Waals surface area contributed by atoms with Gasteiger partial charge in [0.15, 0.2) is 0 Å². The summed E-state index contributed by atoms with van der Waals surface area (Å²) in [6.45, 7) is 3.41. The Kier molecular flexibility index (Phi) is 5.74. The van der Waals surface area contributed by atoms with Gasteiger partial charge in [-0.15, -0.1) is 11.3 Å². The summed E-state index contributed by atoms with van der Waals surface area (Å²) in [5.41, 5.74) is 8.27. The minimum absolute atomic E-state index is 0.182. The van der Waals surface area contributed by atoms with E-state index in [1.54, 1.807) is 11.3 Å². The van der Waals surface area contributed by atoms with Crippen molar-refractivity contribution in [1.82, 2.24) is 9.88 Å². The van der Waals surface area contributed by atoms with Crippen molar-refractivity contribution in [3.05, 3.63) is 48.8 Å². The van der Waals surface area contributed by atoms with E-state index < -0.39 is 0 Å². The third-order valence-electron chi connectivity index (χ3n) is 3.16. The highest BCUT2D eigenvalue weighted by Crippen LogP contribution is 2.28. The Labute approximate surface area is 140 Å². The number of nitrogens with two attached hydrogens (primary N) is 1. The van der Waals surface area contributed by atoms with Crippen LogP contribution in [-0.2, 0) is 6.54 Å². The first kappa shape index (κ1) is 16.1. The molecule has 108 valence electrons. The molecule has 3 nitrogen and oxygen atoms in total. The maximum absolute atomic E-state index is 5.97. The highest BCUT2D eigenvalue weighted by atomic mass is 79.9. The summed E-state index contributed by atoms with van der Waals surface area (Å²) >= 11 is 8.72. The van der Waals surface area contributed by atoms with Gasteiger partial charge in [0, 0.05) is 33.5 Å². The van der Waals surface area contributed by atoms with Gasteiger partial charge in [-0.05, 0) is 63.5 Å². The van der Waals surface area contributed by atoms with Gasteiger partial charge in [0.2, 0.25) is 0 Å². The number of aryl methyl sites for hydroxylation is 1. The van der Waals surface area contributed by atoms with Gasteiger partial charge < -0.3 is 5.73 Å². The zero-order chi connectivity index (χ0) is 14.7. The largest absolute Gasteiger partial charge is 0.329 e. The molecule has 1 aromatic heterocycles. The second kappa shape index (κ2) is 7.13. The first-order valence-electron chi connectivity index (χ1n) is 6.27. The standard InChI is InChI=1S/C14H17Br2N3S/c1-9-18-11(8-20-9)7-19(2)14(6-17)10-3-4-12(15)13(16)5-10/h3-5,8,14H,6-7,17H2,1-2H3. The third kappa shape index (κ3) is 3.89. The van der Waals surface area contributed by atoms with Crippen LogP contribution >= 0.6 is 43.2 Å². The Bertz CT molecular complexity index is 586. The lowest BCUT2D eigenvalue weighted by atomic mass is 10.1. The van der Waals surface area contributed by atoms with Gasteiger partial charge in [-0.25, -0.2) is 4.98 Å². The lowest BCUT2D eigenvalue weighted by molar-refractivity contribution is 0.239. The minimum atomic E-state index is 0.182. The monoisotopic (exact) mass is 417 g/mol. The number of thiazole rings is 1. The zero-order valence-corrected chi connectivity index (χ0v) is 15.4. The molecule has 2 rings (SSSR count). The first-order valence-corrected chi connectivity index (χ1v) is 8.74. The van der Waals surface area contributed by atoms with Crippen LogP contribution in [-0.4, -0.2) is 23.5 Å². The van der Waals surface area contributed by atoms with Crippen molar-refractivity contribution >= 4 is 43.2 Å². The van der Waals surface area contributed by atoms with Crippen LogP contribution in [0.5, 0.6) is 0 Å². The number of halogens is 2. The Morgan fingerprint density at radius 2 is 2.10 bits per heavy atom. The number of benzene rings is 1. The van der Waals surface area contributed by atoms with Crippen LogP contribution in [0, 0.1) is 6.92 Å². The van der Waals surface area contributed by atoms with Gasteiger partial charge in [-0.1, -0.05) is 6.07 Å². The van der Waals surface area contributed by atoms with E-state index in [4.69, 9.17) is 5.73 Å². The molecule has 0 saturated carbocycles. The molecule has 0 aliphatic heterocycles. The van der Waals surface area contributed by atoms with Crippen LogP contribution in [0.4, 0.5) is 0 Å². The molecule has 0 fully saturated rings. The van der Waals surface area contributed by atoms with E-state index in [0.29, 0.717) is 6.54 Å². The SMILES string of the molecule is Cc1nc(CN(C)C(CN)c2ccc(Br)c(Br)c2)cs1. The second-order valence-corrected chi connectivity index (χ2v) is 7.47. The summed E-state index contributed by atoms with van der Waals surface area (Å²) in [4.78, 5) is 6.75. The highest BCUT2D eigenvalue weighted by Gasteiger charge is 2.17. The van der Waals surface area contributed by atoms with Crippen LogP contribution in [0.2, 0.25) is 0 Å². The average molecular weight is 419 g/mol. The van der Waals surface area contributed by atoms with Gasteiger partial charge in [0.1, 0.15) is 0 Å². The molecule has 6 heteroatoms. The van der Waals surface area contributed by atoms with Crippen molar-refractivity contribution in [2.75, 3.05) is 13.6 Å². The summed E-state index contributed by atoms with van der Waals surface area (Å²) < 4.78 is 2.10. The molecule has 1 atom stereocenters. The van der Waals surface area contributed by atoms with E-state index in [0.717, 1.165) is 26.2 Å². The number of aromatic nitrogens is 1. The molecule has 0 saturated heterocycles. The van der Waals surface area contributed by atoms with Crippen molar-refractivity contribution < 1.29 is 0 Å². The lowest BCUT2D eigenvalue weighted by Crippen LogP contribution is -2.30. The molecule has 0 spiro atoms. The molecule has 0 amide bonds. The molecule has 0 radical (unpaired) electrons. The van der Waals surface area contributed by atoms with E-state index in [1.807, 2.05) is 13.0 Å². The molecule has 1 aromatic carbocycles. The lowest BCUT2D eigenvalue weighted by Gasteiger charge is -2.27. The van der Waals surface area contributed by atoms with Crippen molar-refractivity contribution in [3.63, 3.8) is 0 Å². The Morgan fingerprint density at radius 1 is 1.35 bits per heavy atom. The zero-order valence-electron chi connectivity index (χ0n) is 11.4. The Balaban J connectivity index is 2.16. The minimum Gasteiger partial charge on any atom is -0.329 e. The predicted octanol–water partition coefficient (Wildman–Crippen LogP) is 4.11. The van der Waals surface area contributed by atoms with E-state index in [2.05, 4.69) is 66.3 Å². The molecule has 0 bridgehead atoms. The van der Waals surface area contributed by atoms with Gasteiger partial charge in [0.25, 0.3) is 0 Å². The maximum Gasteiger partial charge on any atom is 0.0897 e. The summed E-state index contributed by atoms with van der Waals surface area (Å²) in [5.74, 6) is 0. The molecular formula is C14H17Br2N3S. The summed E-state index contributed by atoms with van der Waals surface area (Å²) in [7, 11) is 2.09. The van der Waals surface area contributed by atoms with Crippen molar-refractivity contribution in [1.29, 1.82) is 0 Å². The average Bonchev–Trinajstić information content (AvgIpc) is 2.80. The fourth-order valence-corrected chi connectivity index (χ4v) is 3.38. The first-order chi connectivity index (χ1) is 9.51. The molecule has 1 unspecified atom stereocenters. The van der Waals surface area contributed by atoms with Gasteiger partial charge in [-0.3, -0.25) is 4.90 Å². The normalized spacial score (nSPS) is 12.9. The topological polar surface area (TPSA) is 42.2 Å². The Hall–Kier alpha value is -0.270. The molecule has 20 heavy (non-hydrogen) atoms. The van der Waals surface area contributed by atoms with Crippen LogP contribution in [0.15, 0.2) is 32.5 Å². The molecule has 2 aromatic rings. The van der Waals surface area contributed by atoms with E-state index in [-0.39, 0.29) is 6.04 Å². The van der Waals surface area contributed by atoms with Gasteiger partial charge in [0.05, 0.1) is 10.7 Å². The second-order valence-electron chi connectivity index (χ2n) is 4.70. The number of hydrogen-bond acceptors (Lipinski definition) is 4. The fourth-order valence-electron chi connectivity index (χ4n) is 2.14. The van der Waals surface area contributed by atoms with E-state index in [9.17, 15) is 0 Å². The van der Waals surface area contributed by atoms with E-state index in [1.165, 1.54) is 5.56 Å². The summed E-state index contributed by atoms with van der Waals surface area (Å²) in [6, 6.07) is 6.45. The smallest absolute Gasteiger partial charge is 0.0897 e. The number of likely N-dealkylation sites (N-methyl/N-ethyl adjacent to an activating group) is 1. The van der Waals surface area contributed by atoms with E-state index >= 15 is 0 Å². The van der Waals surface area contributed by atoms with Crippen LogP contribution in [0.25, 0.3) is 0 Å². The molecule has 0 aliphatic carbocycles. The summed E-state index contributed by atoms with van der Waals surface area (Å²) in [6.07, 6.45) is 0. The van der Waals surface area contributed by atoms with Crippen molar-refractivity contribution in [3.8, 4) is 0 Å². The van der Waals surface area contributed by atoms with Crippen molar-refractivity contribution in [2.24, 2.45) is 5.73 Å². The fraction of sp³-hybridized carbons (Fsp3) is 0.357. The predicted molar refractivity (Wildman–Crippen MR) is 92.0 cm³/mol. The number of rotatable bonds is 5. The molecular weight excluding hydrogens is 402 g/mol. The van der Waals surface area contributed by atoms with Crippen LogP contribution in [0.1, 0.15) is 22.3 Å². The molecule has 2 N–H and O–H groups in total. The third-order valence-corrected chi connectivity index (χ3v) is 5.86. The van der Waals surface area contributed by atoms with Gasteiger partial charge in [-0.2, -0.15) is 0 Å². The van der Waals surface area contributed by atoms with Crippen LogP contribution in [0.3, 0.4) is 0 Å².